The Labute approximate surface area is 192 Å². The van der Waals surface area contributed by atoms with Crippen LogP contribution in [0.3, 0.4) is 0 Å². The van der Waals surface area contributed by atoms with E-state index in [4.69, 9.17) is 0 Å². The highest BCUT2D eigenvalue weighted by molar-refractivity contribution is 7.99. The van der Waals surface area contributed by atoms with E-state index in [1.807, 2.05) is 6.08 Å². The van der Waals surface area contributed by atoms with Gasteiger partial charge in [-0.1, -0.05) is 96.2 Å². The number of benzene rings is 3. The quantitative estimate of drug-likeness (QED) is 0.207. The van der Waals surface area contributed by atoms with E-state index in [9.17, 15) is 0 Å². The van der Waals surface area contributed by atoms with Gasteiger partial charge in [-0.15, -0.1) is 28.5 Å². The molecule has 0 aliphatic rings. The van der Waals surface area contributed by atoms with Crippen LogP contribution in [0, 0.1) is 6.92 Å². The average molecular weight is 444 g/mol. The maximum absolute atomic E-state index is 4.57. The van der Waals surface area contributed by atoms with Gasteiger partial charge in [0.2, 0.25) is 0 Å². The zero-order valence-corrected chi connectivity index (χ0v) is 19.2. The van der Waals surface area contributed by atoms with Crippen LogP contribution in [0.25, 0.3) is 0 Å². The van der Waals surface area contributed by atoms with Crippen LogP contribution in [0.4, 0.5) is 0 Å². The Kier molecular flexibility index (Phi) is 7.28. The van der Waals surface area contributed by atoms with Crippen LogP contribution in [0.1, 0.15) is 27.8 Å². The monoisotopic (exact) mass is 443 g/mol. The molecule has 0 N–H and O–H groups in total. The second kappa shape index (κ2) is 10.5. The van der Waals surface area contributed by atoms with Crippen molar-refractivity contribution in [3.63, 3.8) is 0 Å². The summed E-state index contributed by atoms with van der Waals surface area (Å²) in [7, 11) is 0. The van der Waals surface area contributed by atoms with Crippen molar-refractivity contribution in [2.45, 2.75) is 34.5 Å². The van der Waals surface area contributed by atoms with E-state index in [0.717, 1.165) is 16.7 Å². The van der Waals surface area contributed by atoms with Gasteiger partial charge in [0, 0.05) is 11.4 Å². The molecule has 156 valence electrons. The Bertz CT molecular complexity index is 1070. The lowest BCUT2D eigenvalue weighted by atomic mass is 10.0. The molecule has 0 spiro atoms. The van der Waals surface area contributed by atoms with E-state index >= 15 is 0 Å². The van der Waals surface area contributed by atoms with E-state index in [0.29, 0.717) is 6.54 Å². The van der Waals surface area contributed by atoms with Crippen molar-refractivity contribution in [2.24, 2.45) is 0 Å². The minimum atomic E-state index is 0.146. The normalized spacial score (nSPS) is 11.0. The Morgan fingerprint density at radius 1 is 0.871 bits per heavy atom. The van der Waals surface area contributed by atoms with E-state index in [1.54, 1.807) is 23.5 Å². The molecular formula is C26H25N3S2. The van der Waals surface area contributed by atoms with Gasteiger partial charge >= 0.3 is 0 Å². The first kappa shape index (κ1) is 21.5. The molecule has 1 aromatic heterocycles. The lowest BCUT2D eigenvalue weighted by Gasteiger charge is -2.18. The molecule has 31 heavy (non-hydrogen) atoms. The molecule has 0 aliphatic carbocycles. The van der Waals surface area contributed by atoms with Crippen LogP contribution in [0.2, 0.25) is 0 Å². The molecule has 0 amide bonds. The van der Waals surface area contributed by atoms with E-state index in [-0.39, 0.29) is 5.25 Å². The molecule has 0 fully saturated rings. The number of allylic oxidation sites excluding steroid dienone is 1. The second-order valence-electron chi connectivity index (χ2n) is 7.22. The van der Waals surface area contributed by atoms with Gasteiger partial charge in [-0.2, -0.15) is 0 Å². The largest absolute Gasteiger partial charge is 0.301 e. The van der Waals surface area contributed by atoms with Crippen molar-refractivity contribution in [1.82, 2.24) is 14.8 Å². The molecule has 4 rings (SSSR count). The fourth-order valence-electron chi connectivity index (χ4n) is 3.30. The van der Waals surface area contributed by atoms with Crippen LogP contribution in [0.5, 0.6) is 0 Å². The summed E-state index contributed by atoms with van der Waals surface area (Å²) in [6.45, 7) is 6.74. The SMILES string of the molecule is C=CCn1c(CSc2ccc(C)cc2)nnc1SC(c1ccccc1)c1ccccc1. The number of hydrogen-bond acceptors (Lipinski definition) is 4. The third-order valence-corrected chi connectivity index (χ3v) is 7.22. The zero-order chi connectivity index (χ0) is 21.5. The first-order valence-electron chi connectivity index (χ1n) is 10.2. The zero-order valence-electron chi connectivity index (χ0n) is 17.5. The highest BCUT2D eigenvalue weighted by Crippen LogP contribution is 2.40. The maximum atomic E-state index is 4.57. The van der Waals surface area contributed by atoms with Gasteiger partial charge in [0.1, 0.15) is 5.82 Å². The van der Waals surface area contributed by atoms with E-state index in [1.165, 1.54) is 21.6 Å². The maximum Gasteiger partial charge on any atom is 0.192 e. The van der Waals surface area contributed by atoms with Gasteiger partial charge in [0.25, 0.3) is 0 Å². The number of hydrogen-bond donors (Lipinski definition) is 0. The van der Waals surface area contributed by atoms with Crippen molar-refractivity contribution in [1.29, 1.82) is 0 Å². The summed E-state index contributed by atoms with van der Waals surface area (Å²) in [5.41, 5.74) is 3.77. The molecule has 0 radical (unpaired) electrons. The van der Waals surface area contributed by atoms with Crippen LogP contribution in [0.15, 0.2) is 108 Å². The average Bonchev–Trinajstić information content (AvgIpc) is 3.20. The first-order chi connectivity index (χ1) is 15.2. The van der Waals surface area contributed by atoms with Gasteiger partial charge in [0.15, 0.2) is 5.16 Å². The summed E-state index contributed by atoms with van der Waals surface area (Å²) in [4.78, 5) is 1.24. The number of aromatic nitrogens is 3. The molecule has 1 heterocycles. The predicted molar refractivity (Wildman–Crippen MR) is 132 cm³/mol. The fraction of sp³-hybridized carbons (Fsp3) is 0.154. The molecule has 0 saturated carbocycles. The van der Waals surface area contributed by atoms with Crippen LogP contribution in [-0.2, 0) is 12.3 Å². The molecule has 0 aliphatic heterocycles. The van der Waals surface area contributed by atoms with Gasteiger partial charge in [0.05, 0.1) is 11.0 Å². The third kappa shape index (κ3) is 5.49. The molecule has 0 bridgehead atoms. The lowest BCUT2D eigenvalue weighted by molar-refractivity contribution is 0.699. The van der Waals surface area contributed by atoms with Gasteiger partial charge < -0.3 is 4.57 Å². The second-order valence-corrected chi connectivity index (χ2v) is 9.34. The predicted octanol–water partition coefficient (Wildman–Crippen LogP) is 6.95. The minimum Gasteiger partial charge on any atom is -0.301 e. The van der Waals surface area contributed by atoms with Gasteiger partial charge in [-0.3, -0.25) is 0 Å². The molecule has 3 aromatic carbocycles. The molecule has 3 nitrogen and oxygen atoms in total. The Morgan fingerprint density at radius 3 is 2.06 bits per heavy atom. The summed E-state index contributed by atoms with van der Waals surface area (Å²) in [5.74, 6) is 1.74. The number of thioether (sulfide) groups is 2. The minimum absolute atomic E-state index is 0.146. The number of nitrogens with zero attached hydrogens (tertiary/aromatic N) is 3. The molecule has 4 aromatic rings. The summed E-state index contributed by atoms with van der Waals surface area (Å²) >= 11 is 3.52. The molecule has 0 unspecified atom stereocenters. The van der Waals surface area contributed by atoms with Crippen molar-refractivity contribution < 1.29 is 0 Å². The smallest absolute Gasteiger partial charge is 0.192 e. The summed E-state index contributed by atoms with van der Waals surface area (Å²) in [6.07, 6.45) is 1.91. The molecule has 5 heteroatoms. The molecule has 0 saturated heterocycles. The summed E-state index contributed by atoms with van der Waals surface area (Å²) in [5, 5.41) is 10.2. The van der Waals surface area contributed by atoms with Crippen molar-refractivity contribution in [3.8, 4) is 0 Å². The van der Waals surface area contributed by atoms with E-state index in [2.05, 4.69) is 113 Å². The highest BCUT2D eigenvalue weighted by atomic mass is 32.2. The number of aryl methyl sites for hydroxylation is 1. The first-order valence-corrected chi connectivity index (χ1v) is 12.1. The topological polar surface area (TPSA) is 30.7 Å². The fourth-order valence-corrected chi connectivity index (χ4v) is 5.33. The van der Waals surface area contributed by atoms with Gasteiger partial charge in [-0.05, 0) is 30.2 Å². The van der Waals surface area contributed by atoms with Crippen molar-refractivity contribution >= 4 is 23.5 Å². The van der Waals surface area contributed by atoms with Crippen LogP contribution in [-0.4, -0.2) is 14.8 Å². The third-order valence-electron chi connectivity index (χ3n) is 4.92. The van der Waals surface area contributed by atoms with Crippen LogP contribution >= 0.6 is 23.5 Å². The summed E-state index contributed by atoms with van der Waals surface area (Å²) in [6, 6.07) is 29.7. The van der Waals surface area contributed by atoms with Gasteiger partial charge in [-0.25, -0.2) is 0 Å². The molecule has 0 atom stereocenters. The standard InChI is InChI=1S/C26H25N3S2/c1-3-18-29-24(19-30-23-16-14-20(2)15-17-23)27-28-26(29)31-25(21-10-6-4-7-11-21)22-12-8-5-9-13-22/h3-17,25H,1,18-19H2,2H3. The van der Waals surface area contributed by atoms with Crippen molar-refractivity contribution in [3.05, 3.63) is 120 Å². The summed E-state index contributed by atoms with van der Waals surface area (Å²) < 4.78 is 2.18. The van der Waals surface area contributed by atoms with Crippen LogP contribution < -0.4 is 0 Å². The Hall–Kier alpha value is -2.76. The lowest BCUT2D eigenvalue weighted by Crippen LogP contribution is -2.05. The van der Waals surface area contributed by atoms with Crippen molar-refractivity contribution in [2.75, 3.05) is 0 Å². The Morgan fingerprint density at radius 2 is 1.48 bits per heavy atom. The highest BCUT2D eigenvalue weighted by Gasteiger charge is 2.20. The Balaban J connectivity index is 1.60. The number of rotatable bonds is 9. The van der Waals surface area contributed by atoms with E-state index < -0.39 is 0 Å². The molecular weight excluding hydrogens is 418 g/mol.